The lowest BCUT2D eigenvalue weighted by molar-refractivity contribution is 0.192. The minimum atomic E-state index is 0.689. The third-order valence-corrected chi connectivity index (χ3v) is 5.73. The second-order valence-corrected chi connectivity index (χ2v) is 7.31. The number of nitrogens with zero attached hydrogens (tertiary/aromatic N) is 2. The van der Waals surface area contributed by atoms with E-state index in [9.17, 15) is 0 Å². The van der Waals surface area contributed by atoms with Crippen LogP contribution in [0.25, 0.3) is 11.1 Å². The van der Waals surface area contributed by atoms with Crippen LogP contribution in [0.2, 0.25) is 0 Å². The van der Waals surface area contributed by atoms with E-state index in [-0.39, 0.29) is 0 Å². The van der Waals surface area contributed by atoms with E-state index >= 15 is 0 Å². The summed E-state index contributed by atoms with van der Waals surface area (Å²) >= 11 is 0. The van der Waals surface area contributed by atoms with Crippen LogP contribution >= 0.6 is 0 Å². The topological polar surface area (TPSA) is 43.2 Å². The van der Waals surface area contributed by atoms with Crippen LogP contribution in [-0.2, 0) is 9.47 Å². The molecule has 7 rings (SSSR count). The lowest BCUT2D eigenvalue weighted by atomic mass is 9.93. The summed E-state index contributed by atoms with van der Waals surface area (Å²) in [6, 6.07) is 16.4. The second-order valence-electron chi connectivity index (χ2n) is 7.31. The number of hydrogen-bond donors (Lipinski definition) is 0. The second kappa shape index (κ2) is 4.98. The van der Waals surface area contributed by atoms with E-state index < -0.39 is 0 Å². The summed E-state index contributed by atoms with van der Waals surface area (Å²) in [6.07, 6.45) is 5.74. The minimum Gasteiger partial charge on any atom is -0.452 e. The van der Waals surface area contributed by atoms with E-state index in [1.165, 1.54) is 0 Å². The molecule has 0 spiro atoms. The first-order valence-electron chi connectivity index (χ1n) is 9.47. The van der Waals surface area contributed by atoms with Crippen molar-refractivity contribution in [2.45, 2.75) is 12.8 Å². The van der Waals surface area contributed by atoms with E-state index in [1.807, 2.05) is 36.4 Å². The lowest BCUT2D eigenvalue weighted by Gasteiger charge is -2.30. The summed E-state index contributed by atoms with van der Waals surface area (Å²) in [7, 11) is 0. The maximum atomic E-state index is 6.38. The number of hydrogen-bond acceptors (Lipinski definition) is 4. The highest BCUT2D eigenvalue weighted by atomic mass is 16.6. The van der Waals surface area contributed by atoms with Gasteiger partial charge in [0.1, 0.15) is 11.4 Å². The molecule has 0 radical (unpaired) electrons. The van der Waals surface area contributed by atoms with Crippen LogP contribution in [0.4, 0.5) is 11.4 Å². The molecule has 0 amide bonds. The molecule has 28 heavy (non-hydrogen) atoms. The van der Waals surface area contributed by atoms with Gasteiger partial charge >= 0.3 is 0 Å². The number of ether oxygens (including phenoxy) is 2. The van der Waals surface area contributed by atoms with Gasteiger partial charge < -0.3 is 9.47 Å². The first kappa shape index (κ1) is 14.4. The minimum absolute atomic E-state index is 0.689. The van der Waals surface area contributed by atoms with Crippen LogP contribution in [0.3, 0.4) is 0 Å². The zero-order valence-electron chi connectivity index (χ0n) is 14.9. The summed E-state index contributed by atoms with van der Waals surface area (Å²) in [4.78, 5) is 9.62. The van der Waals surface area contributed by atoms with Gasteiger partial charge in [0, 0.05) is 35.1 Å². The summed E-state index contributed by atoms with van der Waals surface area (Å²) in [5, 5.41) is 0. The molecule has 0 saturated heterocycles. The molecule has 0 aromatic heterocycles. The Hall–Kier alpha value is -3.66. The molecule has 0 saturated carbocycles. The van der Waals surface area contributed by atoms with E-state index in [0.717, 1.165) is 68.1 Å². The number of para-hydroxylation sites is 2. The summed E-state index contributed by atoms with van der Waals surface area (Å²) < 4.78 is 12.8. The molecule has 132 valence electrons. The largest absolute Gasteiger partial charge is 0.452 e. The molecular weight excluding hydrogens is 348 g/mol. The molecule has 3 heterocycles. The van der Waals surface area contributed by atoms with Gasteiger partial charge in [0.15, 0.2) is 23.0 Å². The van der Waals surface area contributed by atoms with Gasteiger partial charge in [-0.05, 0) is 12.1 Å². The van der Waals surface area contributed by atoms with Gasteiger partial charge in [-0.1, -0.05) is 48.6 Å². The molecule has 4 heteroatoms. The number of benzene rings is 2. The molecule has 2 aliphatic carbocycles. The van der Waals surface area contributed by atoms with Crippen molar-refractivity contribution < 1.29 is 9.47 Å². The summed E-state index contributed by atoms with van der Waals surface area (Å²) in [5.74, 6) is 3.13. The van der Waals surface area contributed by atoms with Gasteiger partial charge in [-0.15, -0.1) is 0 Å². The molecule has 4 nitrogen and oxygen atoms in total. The fourth-order valence-electron chi connectivity index (χ4n) is 4.45. The smallest absolute Gasteiger partial charge is 0.191 e. The average Bonchev–Trinajstić information content (AvgIpc) is 3.31. The first-order valence-corrected chi connectivity index (χ1v) is 9.47. The van der Waals surface area contributed by atoms with Crippen molar-refractivity contribution >= 4 is 33.9 Å². The maximum Gasteiger partial charge on any atom is 0.191 e. The van der Waals surface area contributed by atoms with Crippen LogP contribution in [-0.4, -0.2) is 11.4 Å². The molecule has 0 fully saturated rings. The Bertz CT molecular complexity index is 1200. The molecule has 5 aliphatic rings. The standard InChI is InChI=1S/C24H14N2O2/c1-3-7-17-13(5-1)15-9-11-19-23(21(15)25-17)27-20-12-10-16-14-6-2-4-8-18(14)26-22(16)24(20)28-19/h1-10H,11-12H2. The van der Waals surface area contributed by atoms with Gasteiger partial charge in [0.2, 0.25) is 0 Å². The molecular formula is C24H14N2O2. The van der Waals surface area contributed by atoms with E-state index in [0.29, 0.717) is 12.8 Å². The van der Waals surface area contributed by atoms with Crippen molar-refractivity contribution in [3.63, 3.8) is 0 Å². The van der Waals surface area contributed by atoms with Crippen molar-refractivity contribution in [3.8, 4) is 0 Å². The number of allylic oxidation sites excluding steroid dienone is 4. The molecule has 2 aromatic carbocycles. The van der Waals surface area contributed by atoms with Gasteiger partial charge in [0.25, 0.3) is 0 Å². The summed E-state index contributed by atoms with van der Waals surface area (Å²) in [6.45, 7) is 0. The van der Waals surface area contributed by atoms with Gasteiger partial charge in [-0.2, -0.15) is 0 Å². The monoisotopic (exact) mass is 362 g/mol. The SMILES string of the molecule is C1=C2C(=Nc3ccccc32)C2=C(C1)OC1=C(CC=C3C1=Nc1ccccc13)O2. The Morgan fingerprint density at radius 3 is 1.57 bits per heavy atom. The average molecular weight is 362 g/mol. The third kappa shape index (κ3) is 1.75. The molecule has 3 aliphatic heterocycles. The van der Waals surface area contributed by atoms with E-state index in [2.05, 4.69) is 24.3 Å². The van der Waals surface area contributed by atoms with Crippen molar-refractivity contribution in [2.75, 3.05) is 0 Å². The lowest BCUT2D eigenvalue weighted by Crippen LogP contribution is -2.24. The van der Waals surface area contributed by atoms with Gasteiger partial charge in [-0.25, -0.2) is 9.98 Å². The molecule has 0 unspecified atom stereocenters. The van der Waals surface area contributed by atoms with Crippen molar-refractivity contribution in [3.05, 3.63) is 94.8 Å². The number of rotatable bonds is 0. The van der Waals surface area contributed by atoms with Gasteiger partial charge in [-0.3, -0.25) is 0 Å². The Morgan fingerprint density at radius 1 is 0.607 bits per heavy atom. The van der Waals surface area contributed by atoms with Gasteiger partial charge in [0.05, 0.1) is 11.4 Å². The first-order chi connectivity index (χ1) is 13.9. The molecule has 2 aromatic rings. The zero-order valence-corrected chi connectivity index (χ0v) is 14.9. The number of aliphatic imine (C=N–C) groups is 2. The van der Waals surface area contributed by atoms with Crippen molar-refractivity contribution in [1.82, 2.24) is 0 Å². The molecule has 0 atom stereocenters. The Labute approximate surface area is 161 Å². The Balaban J connectivity index is 1.29. The fraction of sp³-hybridized carbons (Fsp3) is 0.0833. The van der Waals surface area contributed by atoms with E-state index in [1.54, 1.807) is 0 Å². The van der Waals surface area contributed by atoms with E-state index in [4.69, 9.17) is 19.5 Å². The number of fused-ring (bicyclic) bond motifs is 8. The fourth-order valence-corrected chi connectivity index (χ4v) is 4.45. The van der Waals surface area contributed by atoms with Crippen molar-refractivity contribution in [2.24, 2.45) is 9.98 Å². The Kier molecular flexibility index (Phi) is 2.56. The maximum absolute atomic E-state index is 6.38. The highest BCUT2D eigenvalue weighted by molar-refractivity contribution is 6.37. The van der Waals surface area contributed by atoms with Crippen LogP contribution in [0.1, 0.15) is 24.0 Å². The molecule has 0 N–H and O–H groups in total. The predicted molar refractivity (Wildman–Crippen MR) is 108 cm³/mol. The highest BCUT2D eigenvalue weighted by Gasteiger charge is 2.39. The molecule has 0 bridgehead atoms. The van der Waals surface area contributed by atoms with Crippen LogP contribution < -0.4 is 0 Å². The van der Waals surface area contributed by atoms with Crippen LogP contribution in [0, 0.1) is 0 Å². The summed E-state index contributed by atoms with van der Waals surface area (Å²) in [5.41, 5.74) is 8.33. The Morgan fingerprint density at radius 2 is 1.07 bits per heavy atom. The highest BCUT2D eigenvalue weighted by Crippen LogP contribution is 2.47. The normalized spacial score (nSPS) is 20.3. The quantitative estimate of drug-likeness (QED) is 0.612. The zero-order chi connectivity index (χ0) is 18.2. The van der Waals surface area contributed by atoms with Crippen molar-refractivity contribution in [1.29, 1.82) is 0 Å². The van der Waals surface area contributed by atoms with Crippen LogP contribution in [0.5, 0.6) is 0 Å². The van der Waals surface area contributed by atoms with Crippen LogP contribution in [0.15, 0.2) is 93.7 Å². The predicted octanol–water partition coefficient (Wildman–Crippen LogP) is 5.60. The third-order valence-electron chi connectivity index (χ3n) is 5.73.